The first-order valence-corrected chi connectivity index (χ1v) is 14.1. The molecule has 1 atom stereocenters. The van der Waals surface area contributed by atoms with Gasteiger partial charge in [0.05, 0.1) is 42.7 Å². The van der Waals surface area contributed by atoms with E-state index in [1.165, 1.54) is 11.0 Å². The van der Waals surface area contributed by atoms with E-state index in [4.69, 9.17) is 16.6 Å². The van der Waals surface area contributed by atoms with E-state index in [-0.39, 0.29) is 61.6 Å². The minimum absolute atomic E-state index is 0.0742. The number of pyridine rings is 2. The van der Waals surface area contributed by atoms with Crippen LogP contribution in [-0.4, -0.2) is 74.3 Å². The Morgan fingerprint density at radius 2 is 1.91 bits per heavy atom. The zero-order valence-corrected chi connectivity index (χ0v) is 23.6. The number of ether oxygens (including phenoxy) is 1. The summed E-state index contributed by atoms with van der Waals surface area (Å²) in [6.45, 7) is -2.20. The number of fused-ring (bicyclic) bond motifs is 2. The maximum Gasteiger partial charge on any atom is 0.387 e. The van der Waals surface area contributed by atoms with Gasteiger partial charge in [-0.05, 0) is 29.7 Å². The highest BCUT2D eigenvalue weighted by Crippen LogP contribution is 2.37. The summed E-state index contributed by atoms with van der Waals surface area (Å²) in [5.41, 5.74) is 3.35. The number of nitrogens with one attached hydrogen (secondary N) is 1. The van der Waals surface area contributed by atoms with Crippen molar-refractivity contribution in [3.63, 3.8) is 0 Å². The van der Waals surface area contributed by atoms with E-state index >= 15 is 0 Å². The van der Waals surface area contributed by atoms with Crippen molar-refractivity contribution in [2.75, 3.05) is 18.0 Å². The summed E-state index contributed by atoms with van der Waals surface area (Å²) in [5, 5.41) is 7.50. The number of amides is 3. The lowest BCUT2D eigenvalue weighted by molar-refractivity contribution is -0.136. The van der Waals surface area contributed by atoms with E-state index < -0.39 is 24.7 Å². The number of piperidine rings is 1. The van der Waals surface area contributed by atoms with Crippen molar-refractivity contribution in [1.82, 2.24) is 30.0 Å². The van der Waals surface area contributed by atoms with Crippen LogP contribution in [0.2, 0.25) is 5.02 Å². The molecule has 0 unspecified atom stereocenters. The monoisotopic (exact) mass is 625 g/mol. The summed E-state index contributed by atoms with van der Waals surface area (Å²) in [6.07, 6.45) is 2.20. The Bertz CT molecular complexity index is 1850. The second-order valence-corrected chi connectivity index (χ2v) is 11.2. The van der Waals surface area contributed by atoms with Crippen molar-refractivity contribution in [2.24, 2.45) is 0 Å². The zero-order chi connectivity index (χ0) is 30.7. The highest BCUT2D eigenvalue weighted by molar-refractivity contribution is 6.33. The number of imide groups is 1. The summed E-state index contributed by atoms with van der Waals surface area (Å²) in [4.78, 5) is 49.4. The number of rotatable bonds is 7. The quantitative estimate of drug-likeness (QED) is 0.309. The molecule has 1 N–H and O–H groups in total. The predicted molar refractivity (Wildman–Crippen MR) is 151 cm³/mol. The fourth-order valence-electron chi connectivity index (χ4n) is 5.80. The Labute approximate surface area is 252 Å². The maximum atomic E-state index is 13.8. The molecule has 15 heteroatoms. The van der Waals surface area contributed by atoms with Gasteiger partial charge in [0.25, 0.3) is 5.91 Å². The molecule has 1 aromatic carbocycles. The molecular weight excluding hydrogens is 603 g/mol. The molecule has 7 rings (SSSR count). The molecule has 2 fully saturated rings. The van der Waals surface area contributed by atoms with Crippen LogP contribution < -0.4 is 15.0 Å². The van der Waals surface area contributed by atoms with Crippen molar-refractivity contribution >= 4 is 46.2 Å². The molecule has 44 heavy (non-hydrogen) atoms. The first kappa shape index (κ1) is 28.1. The first-order valence-electron chi connectivity index (χ1n) is 13.8. The summed E-state index contributed by atoms with van der Waals surface area (Å²) < 4.78 is 45.3. The minimum Gasteiger partial charge on any atom is -0.433 e. The molecule has 0 saturated carbocycles. The molecular formula is C29H23ClF3N7O4. The molecule has 0 radical (unpaired) electrons. The number of carbonyl (C=O) groups excluding carboxylic acids is 3. The average Bonchev–Trinajstić information content (AvgIpc) is 3.51. The second-order valence-electron chi connectivity index (χ2n) is 10.8. The van der Waals surface area contributed by atoms with Gasteiger partial charge in [-0.15, -0.1) is 0 Å². The van der Waals surface area contributed by atoms with Crippen molar-refractivity contribution < 1.29 is 32.3 Å². The number of hydrogen-bond donors (Lipinski definition) is 1. The largest absolute Gasteiger partial charge is 0.433 e. The Morgan fingerprint density at radius 3 is 2.64 bits per heavy atom. The zero-order valence-electron chi connectivity index (χ0n) is 22.8. The Hall–Kier alpha value is -4.72. The number of halogens is 4. The van der Waals surface area contributed by atoms with Gasteiger partial charge in [0, 0.05) is 35.5 Å². The summed E-state index contributed by atoms with van der Waals surface area (Å²) in [5.74, 6) is -0.803. The van der Waals surface area contributed by atoms with Crippen LogP contribution in [0.1, 0.15) is 34.3 Å². The third kappa shape index (κ3) is 4.98. The SMILES string of the molecule is O=C1CC[C@H](N2Cc3cc(Cn4ncc5c(-c6ncc(OC(F)F)cc6Cl)cc(N6CC(F)C6)nc54)ccc3C2=O)C(=O)N1. The van der Waals surface area contributed by atoms with Gasteiger partial charge in [-0.1, -0.05) is 23.7 Å². The molecule has 0 bridgehead atoms. The van der Waals surface area contributed by atoms with Gasteiger partial charge in [0.1, 0.15) is 23.8 Å². The van der Waals surface area contributed by atoms with Gasteiger partial charge in [-0.25, -0.2) is 14.1 Å². The van der Waals surface area contributed by atoms with Crippen LogP contribution in [0.5, 0.6) is 5.75 Å². The number of alkyl halides is 3. The van der Waals surface area contributed by atoms with Gasteiger partial charge in [-0.3, -0.25) is 24.7 Å². The van der Waals surface area contributed by atoms with Crippen LogP contribution in [0.4, 0.5) is 19.0 Å². The molecule has 226 valence electrons. The Kier molecular flexibility index (Phi) is 6.87. The first-order chi connectivity index (χ1) is 21.1. The van der Waals surface area contributed by atoms with Gasteiger partial charge in [-0.2, -0.15) is 13.9 Å². The fraction of sp³-hybridized carbons (Fsp3) is 0.310. The van der Waals surface area contributed by atoms with E-state index in [1.807, 2.05) is 6.07 Å². The highest BCUT2D eigenvalue weighted by Gasteiger charge is 2.39. The smallest absolute Gasteiger partial charge is 0.387 e. The third-order valence-electron chi connectivity index (χ3n) is 7.97. The van der Waals surface area contributed by atoms with E-state index in [9.17, 15) is 27.6 Å². The minimum atomic E-state index is -3.03. The predicted octanol–water partition coefficient (Wildman–Crippen LogP) is 3.72. The molecule has 6 heterocycles. The third-order valence-corrected chi connectivity index (χ3v) is 8.26. The lowest BCUT2D eigenvalue weighted by Crippen LogP contribution is -2.52. The van der Waals surface area contributed by atoms with Crippen LogP contribution in [-0.2, 0) is 22.7 Å². The van der Waals surface area contributed by atoms with Crippen molar-refractivity contribution in [3.8, 4) is 17.0 Å². The molecule has 3 aliphatic heterocycles. The molecule has 2 saturated heterocycles. The molecule has 3 aromatic heterocycles. The van der Waals surface area contributed by atoms with Gasteiger partial charge >= 0.3 is 6.61 Å². The Balaban J connectivity index is 1.21. The van der Waals surface area contributed by atoms with E-state index in [0.29, 0.717) is 33.7 Å². The van der Waals surface area contributed by atoms with Crippen LogP contribution in [0.25, 0.3) is 22.3 Å². The number of nitrogens with zero attached hydrogens (tertiary/aromatic N) is 6. The lowest BCUT2D eigenvalue weighted by Gasteiger charge is -2.35. The van der Waals surface area contributed by atoms with E-state index in [2.05, 4.69) is 20.1 Å². The van der Waals surface area contributed by atoms with Crippen LogP contribution in [0.15, 0.2) is 42.7 Å². The highest BCUT2D eigenvalue weighted by atomic mass is 35.5. The number of hydrogen-bond acceptors (Lipinski definition) is 8. The summed E-state index contributed by atoms with van der Waals surface area (Å²) in [6, 6.07) is 7.63. The standard InChI is InChI=1S/C29H23ClF3N7O4/c30-21-6-17(44-29(32)33)8-34-25(21)19-7-23(38-12-16(31)13-38)36-26-20(19)9-35-40(26)10-14-1-2-18-15(5-14)11-39(28(18)43)22-3-4-24(41)37-27(22)42/h1-2,5-9,16,22,29H,3-4,10-13H2,(H,37,41,42)/t22-/m0/s1. The van der Waals surface area contributed by atoms with Crippen molar-refractivity contribution in [3.05, 3.63) is 64.4 Å². The molecule has 3 aliphatic rings. The number of anilines is 1. The van der Waals surface area contributed by atoms with Crippen molar-refractivity contribution in [1.29, 1.82) is 0 Å². The lowest BCUT2D eigenvalue weighted by atomic mass is 10.0. The number of benzene rings is 1. The number of aromatic nitrogens is 4. The van der Waals surface area contributed by atoms with Crippen molar-refractivity contribution in [2.45, 2.75) is 44.8 Å². The maximum absolute atomic E-state index is 13.8. The van der Waals surface area contributed by atoms with E-state index in [1.54, 1.807) is 34.0 Å². The normalized spacial score (nSPS) is 18.7. The van der Waals surface area contributed by atoms with Gasteiger partial charge < -0.3 is 14.5 Å². The molecule has 3 amide bonds. The fourth-order valence-corrected chi connectivity index (χ4v) is 6.06. The molecule has 4 aromatic rings. The molecule has 11 nitrogen and oxygen atoms in total. The average molecular weight is 626 g/mol. The van der Waals surface area contributed by atoms with Crippen LogP contribution in [0, 0.1) is 0 Å². The second kappa shape index (κ2) is 10.8. The van der Waals surface area contributed by atoms with Crippen LogP contribution in [0.3, 0.4) is 0 Å². The molecule has 0 aliphatic carbocycles. The van der Waals surface area contributed by atoms with Gasteiger partial charge in [0.2, 0.25) is 11.8 Å². The van der Waals surface area contributed by atoms with Crippen LogP contribution >= 0.6 is 11.6 Å². The summed E-state index contributed by atoms with van der Waals surface area (Å²) in [7, 11) is 0. The van der Waals surface area contributed by atoms with Gasteiger partial charge in [0.15, 0.2) is 5.65 Å². The summed E-state index contributed by atoms with van der Waals surface area (Å²) >= 11 is 6.46. The Morgan fingerprint density at radius 1 is 1.09 bits per heavy atom. The topological polar surface area (TPSA) is 123 Å². The van der Waals surface area contributed by atoms with E-state index in [0.717, 1.165) is 17.3 Å². The molecule has 0 spiro atoms. The number of carbonyl (C=O) groups is 3.